The Morgan fingerprint density at radius 2 is 1.79 bits per heavy atom. The summed E-state index contributed by atoms with van der Waals surface area (Å²) in [5.41, 5.74) is 3.77. The second-order valence-electron chi connectivity index (χ2n) is 6.34. The van der Waals surface area contributed by atoms with E-state index in [1.54, 1.807) is 11.9 Å². The highest BCUT2D eigenvalue weighted by atomic mass is 16.2. The maximum Gasteiger partial charge on any atom is 0.322 e. The van der Waals surface area contributed by atoms with E-state index in [9.17, 15) is 9.59 Å². The Labute approximate surface area is 143 Å². The third kappa shape index (κ3) is 2.79. The second kappa shape index (κ2) is 6.67. The van der Waals surface area contributed by atoms with Gasteiger partial charge in [0.15, 0.2) is 5.78 Å². The number of nitrogens with zero attached hydrogens (tertiary/aromatic N) is 2. The van der Waals surface area contributed by atoms with E-state index in [1.807, 2.05) is 12.1 Å². The summed E-state index contributed by atoms with van der Waals surface area (Å²) in [4.78, 5) is 28.6. The van der Waals surface area contributed by atoms with Crippen LogP contribution in [0, 0.1) is 0 Å². The molecule has 1 unspecified atom stereocenters. The number of anilines is 1. The summed E-state index contributed by atoms with van der Waals surface area (Å²) < 4.78 is 0. The summed E-state index contributed by atoms with van der Waals surface area (Å²) in [5, 5.41) is 2.98. The number of urea groups is 1. The number of nitrogens with one attached hydrogen (secondary N) is 1. The average molecular weight is 327 g/mol. The van der Waals surface area contributed by atoms with Crippen LogP contribution in [0.15, 0.2) is 35.5 Å². The predicted octanol–water partition coefficient (Wildman–Crippen LogP) is 3.24. The quantitative estimate of drug-likeness (QED) is 0.924. The van der Waals surface area contributed by atoms with Gasteiger partial charge >= 0.3 is 6.03 Å². The van der Waals surface area contributed by atoms with Crippen molar-refractivity contribution in [1.29, 1.82) is 0 Å². The number of carbonyl (C=O) groups excluding carboxylic acids is 2. The van der Waals surface area contributed by atoms with Crippen LogP contribution < -0.4 is 10.2 Å². The molecular weight excluding hydrogens is 302 g/mol. The number of hydrogen-bond donors (Lipinski definition) is 1. The van der Waals surface area contributed by atoms with Crippen molar-refractivity contribution in [2.24, 2.45) is 0 Å². The molecule has 0 radical (unpaired) electrons. The van der Waals surface area contributed by atoms with E-state index in [0.29, 0.717) is 6.42 Å². The first-order valence-corrected chi connectivity index (χ1v) is 8.72. The first-order valence-electron chi connectivity index (χ1n) is 8.72. The lowest BCUT2D eigenvalue weighted by molar-refractivity contribution is -0.116. The minimum atomic E-state index is -0.331. The van der Waals surface area contributed by atoms with Crippen molar-refractivity contribution in [1.82, 2.24) is 10.2 Å². The molecule has 0 saturated carbocycles. The van der Waals surface area contributed by atoms with Gasteiger partial charge in [-0.1, -0.05) is 12.1 Å². The smallest absolute Gasteiger partial charge is 0.322 e. The molecule has 1 aliphatic heterocycles. The van der Waals surface area contributed by atoms with Crippen LogP contribution in [0.3, 0.4) is 0 Å². The molecule has 1 aliphatic carbocycles. The number of amides is 2. The van der Waals surface area contributed by atoms with E-state index in [2.05, 4.69) is 36.2 Å². The van der Waals surface area contributed by atoms with Crippen LogP contribution in [-0.4, -0.2) is 36.9 Å². The summed E-state index contributed by atoms with van der Waals surface area (Å²) in [6.45, 7) is 6.17. The van der Waals surface area contributed by atoms with Gasteiger partial charge in [0, 0.05) is 43.5 Å². The minimum absolute atomic E-state index is 0.138. The Bertz CT molecular complexity index is 674. The van der Waals surface area contributed by atoms with Crippen molar-refractivity contribution in [3.05, 3.63) is 41.1 Å². The maximum absolute atomic E-state index is 12.5. The van der Waals surface area contributed by atoms with E-state index in [0.717, 1.165) is 48.5 Å². The van der Waals surface area contributed by atoms with Gasteiger partial charge in [-0.2, -0.15) is 0 Å². The lowest BCUT2D eigenvalue weighted by Crippen LogP contribution is -2.47. The highest BCUT2D eigenvalue weighted by Crippen LogP contribution is 2.36. The first kappa shape index (κ1) is 16.6. The third-order valence-corrected chi connectivity index (χ3v) is 5.05. The van der Waals surface area contributed by atoms with Crippen LogP contribution in [0.5, 0.6) is 0 Å². The molecule has 1 N–H and O–H groups in total. The minimum Gasteiger partial charge on any atom is -0.372 e. The Balaban J connectivity index is 1.97. The Morgan fingerprint density at radius 3 is 2.42 bits per heavy atom. The van der Waals surface area contributed by atoms with Crippen molar-refractivity contribution in [3.63, 3.8) is 0 Å². The highest BCUT2D eigenvalue weighted by molar-refractivity contribution is 6.00. The fourth-order valence-corrected chi connectivity index (χ4v) is 3.65. The van der Waals surface area contributed by atoms with Gasteiger partial charge in [-0.15, -0.1) is 0 Å². The number of hydrogen-bond acceptors (Lipinski definition) is 3. The molecule has 5 heteroatoms. The highest BCUT2D eigenvalue weighted by Gasteiger charge is 2.37. The largest absolute Gasteiger partial charge is 0.372 e. The summed E-state index contributed by atoms with van der Waals surface area (Å²) in [6, 6.07) is 7.72. The van der Waals surface area contributed by atoms with Gasteiger partial charge in [0.1, 0.15) is 0 Å². The standard InChI is InChI=1S/C19H25N3O2/c1-4-22(5-2)14-11-9-13(10-12-14)18-17-15(7-6-8-16(17)23)21(3)19(24)20-18/h9-12,18H,4-8H2,1-3H3,(H,20,24). The number of carbonyl (C=O) groups is 2. The molecule has 0 bridgehead atoms. The fraction of sp³-hybridized carbons (Fsp3) is 0.474. The van der Waals surface area contributed by atoms with Crippen molar-refractivity contribution in [2.45, 2.75) is 39.2 Å². The van der Waals surface area contributed by atoms with Crippen molar-refractivity contribution >= 4 is 17.5 Å². The van der Waals surface area contributed by atoms with Crippen molar-refractivity contribution in [2.75, 3.05) is 25.0 Å². The second-order valence-corrected chi connectivity index (χ2v) is 6.34. The number of allylic oxidation sites excluding steroid dienone is 1. The Hall–Kier alpha value is -2.30. The molecule has 0 spiro atoms. The summed E-state index contributed by atoms with van der Waals surface area (Å²) in [5.74, 6) is 0.154. The van der Waals surface area contributed by atoms with E-state index in [-0.39, 0.29) is 17.9 Å². The molecule has 128 valence electrons. The fourth-order valence-electron chi connectivity index (χ4n) is 3.65. The molecule has 2 amide bonds. The molecule has 2 aliphatic rings. The lowest BCUT2D eigenvalue weighted by atomic mass is 9.85. The van der Waals surface area contributed by atoms with Gasteiger partial charge in [0.25, 0.3) is 0 Å². The van der Waals surface area contributed by atoms with Gasteiger partial charge < -0.3 is 15.1 Å². The number of ketones is 1. The van der Waals surface area contributed by atoms with Crippen LogP contribution in [0.25, 0.3) is 0 Å². The van der Waals surface area contributed by atoms with Crippen LogP contribution >= 0.6 is 0 Å². The molecular formula is C19H25N3O2. The monoisotopic (exact) mass is 327 g/mol. The molecule has 5 nitrogen and oxygen atoms in total. The van der Waals surface area contributed by atoms with E-state index >= 15 is 0 Å². The van der Waals surface area contributed by atoms with E-state index in [1.165, 1.54) is 0 Å². The van der Waals surface area contributed by atoms with Crippen LogP contribution in [0.1, 0.15) is 44.7 Å². The average Bonchev–Trinajstić information content (AvgIpc) is 2.60. The number of Topliss-reactive ketones (excluding diaryl/α,β-unsaturated/α-hetero) is 1. The maximum atomic E-state index is 12.5. The van der Waals surface area contributed by atoms with Crippen LogP contribution in [-0.2, 0) is 4.79 Å². The van der Waals surface area contributed by atoms with Gasteiger partial charge in [-0.3, -0.25) is 4.79 Å². The van der Waals surface area contributed by atoms with E-state index in [4.69, 9.17) is 0 Å². The van der Waals surface area contributed by atoms with Crippen molar-refractivity contribution < 1.29 is 9.59 Å². The summed E-state index contributed by atoms with van der Waals surface area (Å²) in [6.07, 6.45) is 2.18. The van der Waals surface area contributed by atoms with Crippen molar-refractivity contribution in [3.8, 4) is 0 Å². The first-order chi connectivity index (χ1) is 11.6. The Kier molecular flexibility index (Phi) is 4.60. The predicted molar refractivity (Wildman–Crippen MR) is 94.9 cm³/mol. The third-order valence-electron chi connectivity index (χ3n) is 5.05. The molecule has 1 heterocycles. The molecule has 3 rings (SSSR count). The zero-order valence-corrected chi connectivity index (χ0v) is 14.6. The topological polar surface area (TPSA) is 52.7 Å². The van der Waals surface area contributed by atoms with Crippen LogP contribution in [0.2, 0.25) is 0 Å². The zero-order chi connectivity index (χ0) is 17.3. The van der Waals surface area contributed by atoms with Gasteiger partial charge in [0.05, 0.1) is 6.04 Å². The van der Waals surface area contributed by atoms with Gasteiger partial charge in [-0.05, 0) is 44.4 Å². The Morgan fingerprint density at radius 1 is 1.12 bits per heavy atom. The molecule has 0 fully saturated rings. The number of rotatable bonds is 4. The lowest BCUT2D eigenvalue weighted by Gasteiger charge is -2.37. The molecule has 24 heavy (non-hydrogen) atoms. The molecule has 1 atom stereocenters. The molecule has 0 saturated heterocycles. The van der Waals surface area contributed by atoms with Gasteiger partial charge in [0.2, 0.25) is 0 Å². The number of benzene rings is 1. The van der Waals surface area contributed by atoms with Gasteiger partial charge in [-0.25, -0.2) is 4.79 Å². The normalized spacial score (nSPS) is 20.8. The van der Waals surface area contributed by atoms with E-state index < -0.39 is 0 Å². The SMILES string of the molecule is CCN(CC)c1ccc(C2NC(=O)N(C)C3=C2C(=O)CCC3)cc1. The molecule has 1 aromatic carbocycles. The molecule has 0 aromatic heterocycles. The van der Waals surface area contributed by atoms with Crippen LogP contribution in [0.4, 0.5) is 10.5 Å². The summed E-state index contributed by atoms with van der Waals surface area (Å²) >= 11 is 0. The zero-order valence-electron chi connectivity index (χ0n) is 14.6. The molecule has 1 aromatic rings. The summed E-state index contributed by atoms with van der Waals surface area (Å²) in [7, 11) is 1.74.